The lowest BCUT2D eigenvalue weighted by Gasteiger charge is -2.35. The van der Waals surface area contributed by atoms with Crippen LogP contribution in [0.4, 0.5) is 0 Å². The molecule has 21 heavy (non-hydrogen) atoms. The first-order valence-electron chi connectivity index (χ1n) is 7.47. The van der Waals surface area contributed by atoms with Crippen LogP contribution >= 0.6 is 12.2 Å². The third-order valence-electron chi connectivity index (χ3n) is 4.13. The molecule has 1 aliphatic rings. The second-order valence-electron chi connectivity index (χ2n) is 5.53. The summed E-state index contributed by atoms with van der Waals surface area (Å²) in [5.74, 6) is 0.719. The van der Waals surface area contributed by atoms with E-state index >= 15 is 0 Å². The van der Waals surface area contributed by atoms with Crippen molar-refractivity contribution in [3.8, 4) is 5.75 Å². The summed E-state index contributed by atoms with van der Waals surface area (Å²) in [4.78, 5) is 2.81. The van der Waals surface area contributed by atoms with Crippen molar-refractivity contribution in [1.29, 1.82) is 0 Å². The van der Waals surface area contributed by atoms with Gasteiger partial charge in [-0.2, -0.15) is 0 Å². The number of likely N-dealkylation sites (tertiary alicyclic amines) is 1. The van der Waals surface area contributed by atoms with Crippen molar-refractivity contribution in [2.75, 3.05) is 20.3 Å². The van der Waals surface area contributed by atoms with E-state index < -0.39 is 0 Å². The number of hydrogen-bond donors (Lipinski definition) is 2. The number of rotatable bonds is 6. The van der Waals surface area contributed by atoms with Crippen molar-refractivity contribution in [2.24, 2.45) is 5.73 Å². The molecule has 0 aromatic heterocycles. The Balaban J connectivity index is 2.14. The first-order chi connectivity index (χ1) is 10.2. The van der Waals surface area contributed by atoms with E-state index in [4.69, 9.17) is 22.7 Å². The highest BCUT2D eigenvalue weighted by Gasteiger charge is 2.22. The van der Waals surface area contributed by atoms with Gasteiger partial charge in [0.05, 0.1) is 12.7 Å². The summed E-state index contributed by atoms with van der Waals surface area (Å²) in [6.07, 6.45) is 4.49. The van der Waals surface area contributed by atoms with Crippen LogP contribution < -0.4 is 10.5 Å². The van der Waals surface area contributed by atoms with Gasteiger partial charge in [0.1, 0.15) is 10.7 Å². The van der Waals surface area contributed by atoms with Crippen LogP contribution in [0.1, 0.15) is 36.8 Å². The predicted octanol–water partition coefficient (Wildman–Crippen LogP) is 2.07. The second kappa shape index (κ2) is 7.73. The van der Waals surface area contributed by atoms with Crippen LogP contribution in [0.3, 0.4) is 0 Å². The zero-order valence-corrected chi connectivity index (χ0v) is 13.4. The van der Waals surface area contributed by atoms with E-state index in [2.05, 4.69) is 11.0 Å². The van der Waals surface area contributed by atoms with E-state index in [1.807, 2.05) is 12.1 Å². The maximum atomic E-state index is 9.21. The molecular weight excluding hydrogens is 284 g/mol. The molecule has 1 aromatic carbocycles. The minimum Gasteiger partial charge on any atom is -0.496 e. The molecule has 1 saturated heterocycles. The second-order valence-corrected chi connectivity index (χ2v) is 5.97. The Hall–Kier alpha value is -1.17. The molecule has 0 saturated carbocycles. The fourth-order valence-corrected chi connectivity index (χ4v) is 3.18. The predicted molar refractivity (Wildman–Crippen MR) is 88.6 cm³/mol. The Labute approximate surface area is 131 Å². The fraction of sp³-hybridized carbons (Fsp3) is 0.562. The van der Waals surface area contributed by atoms with Crippen molar-refractivity contribution in [3.63, 3.8) is 0 Å². The van der Waals surface area contributed by atoms with Gasteiger partial charge in [0, 0.05) is 19.2 Å². The Kier molecular flexibility index (Phi) is 5.96. The standard InChI is InChI=1S/C16H24N2O2S/c1-20-15-6-5-12(10-14(15)16(17)21)11-18-8-3-2-4-13(18)7-9-19/h5-6,10,13,19H,2-4,7-9,11H2,1H3,(H2,17,21). The van der Waals surface area contributed by atoms with E-state index in [-0.39, 0.29) is 6.61 Å². The fourth-order valence-electron chi connectivity index (χ4n) is 3.02. The van der Waals surface area contributed by atoms with Gasteiger partial charge >= 0.3 is 0 Å². The first-order valence-corrected chi connectivity index (χ1v) is 7.88. The quantitative estimate of drug-likeness (QED) is 0.788. The number of methoxy groups -OCH3 is 1. The van der Waals surface area contributed by atoms with Crippen LogP contribution in [0.5, 0.6) is 5.75 Å². The van der Waals surface area contributed by atoms with Gasteiger partial charge in [-0.3, -0.25) is 4.90 Å². The third-order valence-corrected chi connectivity index (χ3v) is 4.35. The molecule has 116 valence electrons. The van der Waals surface area contributed by atoms with E-state index in [0.717, 1.165) is 30.8 Å². The van der Waals surface area contributed by atoms with Crippen molar-refractivity contribution < 1.29 is 9.84 Å². The van der Waals surface area contributed by atoms with Gasteiger partial charge in [-0.15, -0.1) is 0 Å². The molecule has 1 aromatic rings. The number of nitrogens with zero attached hydrogens (tertiary/aromatic N) is 1. The molecule has 0 amide bonds. The number of aliphatic hydroxyl groups is 1. The molecule has 0 aliphatic carbocycles. The van der Waals surface area contributed by atoms with Crippen LogP contribution in [0.2, 0.25) is 0 Å². The third kappa shape index (κ3) is 4.15. The summed E-state index contributed by atoms with van der Waals surface area (Å²) >= 11 is 5.10. The maximum Gasteiger partial charge on any atom is 0.129 e. The topological polar surface area (TPSA) is 58.7 Å². The van der Waals surface area contributed by atoms with Gasteiger partial charge in [-0.1, -0.05) is 24.7 Å². The molecular formula is C16H24N2O2S. The normalized spacial score (nSPS) is 19.4. The van der Waals surface area contributed by atoms with Crippen molar-refractivity contribution in [1.82, 2.24) is 4.90 Å². The number of nitrogens with two attached hydrogens (primary N) is 1. The Morgan fingerprint density at radius 1 is 1.48 bits per heavy atom. The van der Waals surface area contributed by atoms with Gasteiger partial charge in [0.2, 0.25) is 0 Å². The molecule has 0 radical (unpaired) electrons. The van der Waals surface area contributed by atoms with E-state index in [1.54, 1.807) is 7.11 Å². The molecule has 4 nitrogen and oxygen atoms in total. The van der Waals surface area contributed by atoms with Gasteiger partial charge in [-0.05, 0) is 43.5 Å². The highest BCUT2D eigenvalue weighted by molar-refractivity contribution is 7.80. The molecule has 0 bridgehead atoms. The summed E-state index contributed by atoms with van der Waals surface area (Å²) in [6, 6.07) is 6.48. The van der Waals surface area contributed by atoms with Crippen LogP contribution in [0.15, 0.2) is 18.2 Å². The van der Waals surface area contributed by atoms with Crippen molar-refractivity contribution in [2.45, 2.75) is 38.3 Å². The summed E-state index contributed by atoms with van der Waals surface area (Å²) < 4.78 is 5.30. The van der Waals surface area contributed by atoms with Gasteiger partial charge in [0.25, 0.3) is 0 Å². The smallest absolute Gasteiger partial charge is 0.129 e. The van der Waals surface area contributed by atoms with Crippen molar-refractivity contribution in [3.05, 3.63) is 29.3 Å². The van der Waals surface area contributed by atoms with Gasteiger partial charge in [0.15, 0.2) is 0 Å². The van der Waals surface area contributed by atoms with Gasteiger partial charge in [-0.25, -0.2) is 0 Å². The number of hydrogen-bond acceptors (Lipinski definition) is 4. The molecule has 1 aliphatic heterocycles. The minimum absolute atomic E-state index is 0.252. The zero-order valence-electron chi connectivity index (χ0n) is 12.5. The number of piperidine rings is 1. The lowest BCUT2D eigenvalue weighted by molar-refractivity contribution is 0.112. The summed E-state index contributed by atoms with van der Waals surface area (Å²) in [7, 11) is 1.62. The zero-order chi connectivity index (χ0) is 15.2. The van der Waals surface area contributed by atoms with Crippen LogP contribution in [0, 0.1) is 0 Å². The van der Waals surface area contributed by atoms with E-state index in [0.29, 0.717) is 11.0 Å². The molecule has 1 unspecified atom stereocenters. The SMILES string of the molecule is COc1ccc(CN2CCCCC2CCO)cc1C(N)=S. The Morgan fingerprint density at radius 2 is 2.29 bits per heavy atom. The van der Waals surface area contributed by atoms with Gasteiger partial charge < -0.3 is 15.6 Å². The van der Waals surface area contributed by atoms with Crippen LogP contribution in [-0.2, 0) is 6.54 Å². The summed E-state index contributed by atoms with van der Waals surface area (Å²) in [5, 5.41) is 9.21. The van der Waals surface area contributed by atoms with E-state index in [9.17, 15) is 5.11 Å². The molecule has 5 heteroatoms. The molecule has 3 N–H and O–H groups in total. The number of aliphatic hydroxyl groups excluding tert-OH is 1. The molecule has 1 atom stereocenters. The number of benzene rings is 1. The Morgan fingerprint density at radius 3 is 2.95 bits per heavy atom. The highest BCUT2D eigenvalue weighted by atomic mass is 32.1. The average molecular weight is 308 g/mol. The summed E-state index contributed by atoms with van der Waals surface area (Å²) in [6.45, 7) is 2.20. The Bertz CT molecular complexity index is 491. The van der Waals surface area contributed by atoms with Crippen molar-refractivity contribution >= 4 is 17.2 Å². The minimum atomic E-state index is 0.252. The van der Waals surface area contributed by atoms with Crippen LogP contribution in [0.25, 0.3) is 0 Å². The van der Waals surface area contributed by atoms with Crippen LogP contribution in [-0.4, -0.2) is 41.3 Å². The number of thiocarbonyl (C=S) groups is 1. The summed E-state index contributed by atoms with van der Waals surface area (Å²) in [5.41, 5.74) is 7.75. The maximum absolute atomic E-state index is 9.21. The molecule has 2 rings (SSSR count). The number of ether oxygens (including phenoxy) is 1. The molecule has 1 heterocycles. The average Bonchev–Trinajstić information content (AvgIpc) is 2.49. The highest BCUT2D eigenvalue weighted by Crippen LogP contribution is 2.24. The first kappa shape index (κ1) is 16.2. The lowest BCUT2D eigenvalue weighted by atomic mass is 9.98. The molecule has 0 spiro atoms. The molecule has 1 fully saturated rings. The van der Waals surface area contributed by atoms with E-state index in [1.165, 1.54) is 24.8 Å². The monoisotopic (exact) mass is 308 g/mol. The lowest BCUT2D eigenvalue weighted by Crippen LogP contribution is -2.39. The largest absolute Gasteiger partial charge is 0.496 e.